The third-order valence-corrected chi connectivity index (χ3v) is 5.21. The molecule has 0 amide bonds. The van der Waals surface area contributed by atoms with E-state index < -0.39 is 0 Å². The Morgan fingerprint density at radius 2 is 2.13 bits per heavy atom. The average Bonchev–Trinajstić information content (AvgIpc) is 2.96. The Kier molecular flexibility index (Phi) is 3.76. The maximum absolute atomic E-state index is 9.15. The second kappa shape index (κ2) is 5.92. The van der Waals surface area contributed by atoms with Crippen LogP contribution in [0.15, 0.2) is 35.4 Å². The van der Waals surface area contributed by atoms with Crippen molar-refractivity contribution < 1.29 is 4.55 Å². The van der Waals surface area contributed by atoms with Crippen LogP contribution < -0.4 is 5.32 Å². The Morgan fingerprint density at radius 3 is 3.00 bits per heavy atom. The first kappa shape index (κ1) is 14.6. The summed E-state index contributed by atoms with van der Waals surface area (Å²) in [6.07, 6.45) is 3.85. The number of anilines is 2. The standard InChI is InChI=1S/C16H14N4OS2/c1-9-18-15-13(22-9)6-5-10-8-17-16(20-14(10)15)19-11-3-2-4-12(7-11)23-21/h2-4,7-8,21H,5-6H2,1H3,(H,17,19,20). The minimum Gasteiger partial charge on any atom is -0.325 e. The number of rotatable bonds is 3. The molecule has 3 aromatic rings. The van der Waals surface area contributed by atoms with Gasteiger partial charge in [0.1, 0.15) is 5.69 Å². The molecular formula is C16H14N4OS2. The minimum absolute atomic E-state index is 0.544. The number of aryl methyl sites for hydroxylation is 3. The van der Waals surface area contributed by atoms with Gasteiger partial charge in [0.2, 0.25) is 5.95 Å². The second-order valence-corrected chi connectivity index (χ2v) is 7.26. The van der Waals surface area contributed by atoms with Crippen molar-refractivity contribution in [2.75, 3.05) is 5.32 Å². The molecule has 0 spiro atoms. The van der Waals surface area contributed by atoms with Gasteiger partial charge < -0.3 is 9.87 Å². The van der Waals surface area contributed by atoms with Gasteiger partial charge in [0, 0.05) is 33.7 Å². The van der Waals surface area contributed by atoms with Crippen molar-refractivity contribution >= 4 is 35.0 Å². The Morgan fingerprint density at radius 1 is 1.22 bits per heavy atom. The van der Waals surface area contributed by atoms with E-state index in [-0.39, 0.29) is 0 Å². The summed E-state index contributed by atoms with van der Waals surface area (Å²) in [5.74, 6) is 0.544. The summed E-state index contributed by atoms with van der Waals surface area (Å²) in [5.41, 5.74) is 3.92. The summed E-state index contributed by atoms with van der Waals surface area (Å²) in [4.78, 5) is 15.8. The lowest BCUT2D eigenvalue weighted by Crippen LogP contribution is -2.07. The highest BCUT2D eigenvalue weighted by Gasteiger charge is 2.22. The van der Waals surface area contributed by atoms with Crippen LogP contribution in [0.25, 0.3) is 11.4 Å². The zero-order valence-corrected chi connectivity index (χ0v) is 14.0. The zero-order valence-electron chi connectivity index (χ0n) is 12.4. The van der Waals surface area contributed by atoms with E-state index in [0.29, 0.717) is 5.95 Å². The Balaban J connectivity index is 1.69. The molecule has 0 saturated heterocycles. The quantitative estimate of drug-likeness (QED) is 0.691. The van der Waals surface area contributed by atoms with E-state index in [1.54, 1.807) is 11.3 Å². The van der Waals surface area contributed by atoms with Crippen LogP contribution in [0.1, 0.15) is 15.4 Å². The molecule has 0 radical (unpaired) electrons. The molecule has 5 nitrogen and oxygen atoms in total. The molecule has 0 bridgehead atoms. The van der Waals surface area contributed by atoms with Crippen LogP contribution in [0.3, 0.4) is 0 Å². The van der Waals surface area contributed by atoms with E-state index in [1.165, 1.54) is 4.88 Å². The second-order valence-electron chi connectivity index (χ2n) is 5.32. The summed E-state index contributed by atoms with van der Waals surface area (Å²) in [6.45, 7) is 2.03. The molecule has 2 heterocycles. The predicted molar refractivity (Wildman–Crippen MR) is 93.5 cm³/mol. The number of nitrogens with one attached hydrogen (secondary N) is 1. The van der Waals surface area contributed by atoms with E-state index in [2.05, 4.69) is 20.3 Å². The number of hydrogen-bond donors (Lipinski definition) is 2. The van der Waals surface area contributed by atoms with E-state index in [0.717, 1.165) is 57.4 Å². The van der Waals surface area contributed by atoms with Gasteiger partial charge in [-0.2, -0.15) is 0 Å². The molecule has 0 saturated carbocycles. The fourth-order valence-corrected chi connectivity index (χ4v) is 3.94. The summed E-state index contributed by atoms with van der Waals surface area (Å²) in [5, 5.41) is 4.27. The van der Waals surface area contributed by atoms with E-state index in [9.17, 15) is 0 Å². The molecule has 4 rings (SSSR count). The maximum atomic E-state index is 9.15. The van der Waals surface area contributed by atoms with Crippen LogP contribution in [0, 0.1) is 6.92 Å². The third-order valence-electron chi connectivity index (χ3n) is 3.71. The van der Waals surface area contributed by atoms with Crippen molar-refractivity contribution in [1.82, 2.24) is 15.0 Å². The monoisotopic (exact) mass is 342 g/mol. The van der Waals surface area contributed by atoms with E-state index in [4.69, 9.17) is 4.55 Å². The van der Waals surface area contributed by atoms with Crippen molar-refractivity contribution in [3.63, 3.8) is 0 Å². The largest absolute Gasteiger partial charge is 0.325 e. The van der Waals surface area contributed by atoms with Crippen LogP contribution >= 0.6 is 23.4 Å². The Hall–Kier alpha value is -1.96. The molecule has 0 atom stereocenters. The number of hydrogen-bond acceptors (Lipinski definition) is 7. The first-order valence-corrected chi connectivity index (χ1v) is 8.83. The smallest absolute Gasteiger partial charge is 0.227 e. The van der Waals surface area contributed by atoms with E-state index >= 15 is 0 Å². The molecule has 0 fully saturated rings. The fraction of sp³-hybridized carbons (Fsp3) is 0.188. The third kappa shape index (κ3) is 2.83. The summed E-state index contributed by atoms with van der Waals surface area (Å²) < 4.78 is 9.15. The highest BCUT2D eigenvalue weighted by molar-refractivity contribution is 7.93. The fourth-order valence-electron chi connectivity index (χ4n) is 2.69. The van der Waals surface area contributed by atoms with E-state index in [1.807, 2.05) is 37.4 Å². The summed E-state index contributed by atoms with van der Waals surface area (Å²) in [7, 11) is 0. The topological polar surface area (TPSA) is 70.9 Å². The molecule has 1 aromatic carbocycles. The van der Waals surface area contributed by atoms with Crippen LogP contribution in [0.5, 0.6) is 0 Å². The van der Waals surface area contributed by atoms with Gasteiger partial charge in [0.25, 0.3) is 0 Å². The molecule has 116 valence electrons. The zero-order chi connectivity index (χ0) is 15.8. The number of aromatic nitrogens is 3. The molecule has 2 aromatic heterocycles. The molecule has 0 aliphatic heterocycles. The van der Waals surface area contributed by atoms with Crippen LogP contribution in [-0.4, -0.2) is 19.5 Å². The predicted octanol–water partition coefficient (Wildman–Crippen LogP) is 4.32. The highest BCUT2D eigenvalue weighted by Crippen LogP contribution is 2.35. The van der Waals surface area contributed by atoms with Gasteiger partial charge in [-0.05, 0) is 43.5 Å². The van der Waals surface area contributed by atoms with Crippen molar-refractivity contribution in [3.8, 4) is 11.4 Å². The van der Waals surface area contributed by atoms with Gasteiger partial charge in [-0.25, -0.2) is 15.0 Å². The van der Waals surface area contributed by atoms with Crippen molar-refractivity contribution in [1.29, 1.82) is 0 Å². The first-order chi connectivity index (χ1) is 11.2. The van der Waals surface area contributed by atoms with Gasteiger partial charge in [0.15, 0.2) is 0 Å². The molecule has 1 aliphatic rings. The van der Waals surface area contributed by atoms with Gasteiger partial charge in [-0.15, -0.1) is 11.3 Å². The number of benzene rings is 1. The van der Waals surface area contributed by atoms with Gasteiger partial charge in [-0.1, -0.05) is 6.07 Å². The normalized spacial score (nSPS) is 12.6. The maximum Gasteiger partial charge on any atom is 0.227 e. The summed E-state index contributed by atoms with van der Waals surface area (Å²) >= 11 is 2.47. The lowest BCUT2D eigenvalue weighted by atomic mass is 10.00. The Labute approximate surface area is 142 Å². The molecule has 1 aliphatic carbocycles. The van der Waals surface area contributed by atoms with Crippen LogP contribution in [0.2, 0.25) is 0 Å². The first-order valence-electron chi connectivity index (χ1n) is 7.24. The van der Waals surface area contributed by atoms with Crippen molar-refractivity contribution in [2.45, 2.75) is 24.7 Å². The lowest BCUT2D eigenvalue weighted by molar-refractivity contribution is 0.664. The lowest BCUT2D eigenvalue weighted by Gasteiger charge is -2.15. The SMILES string of the molecule is Cc1nc2c(s1)CCc1cnc(Nc3cccc(SO)c3)nc1-2. The van der Waals surface area contributed by atoms with Crippen molar-refractivity contribution in [3.05, 3.63) is 45.9 Å². The van der Waals surface area contributed by atoms with Crippen molar-refractivity contribution in [2.24, 2.45) is 0 Å². The van der Waals surface area contributed by atoms with Crippen LogP contribution in [0.4, 0.5) is 11.6 Å². The highest BCUT2D eigenvalue weighted by atomic mass is 32.2. The average molecular weight is 342 g/mol. The molecule has 7 heteroatoms. The van der Waals surface area contributed by atoms with Gasteiger partial charge in [0.05, 0.1) is 10.7 Å². The van der Waals surface area contributed by atoms with Gasteiger partial charge >= 0.3 is 0 Å². The molecular weight excluding hydrogens is 328 g/mol. The number of nitrogens with zero attached hydrogens (tertiary/aromatic N) is 3. The number of thiazole rings is 1. The Bertz CT molecular complexity index is 878. The van der Waals surface area contributed by atoms with Gasteiger partial charge in [-0.3, -0.25) is 0 Å². The van der Waals surface area contributed by atoms with Crippen LogP contribution in [-0.2, 0) is 12.8 Å². The molecule has 0 unspecified atom stereocenters. The molecule has 23 heavy (non-hydrogen) atoms. The minimum atomic E-state index is 0.544. The number of fused-ring (bicyclic) bond motifs is 3. The summed E-state index contributed by atoms with van der Waals surface area (Å²) in [6, 6.07) is 7.49. The molecule has 2 N–H and O–H groups in total.